The molecule has 2 atom stereocenters. The van der Waals surface area contributed by atoms with Gasteiger partial charge in [0.25, 0.3) is 0 Å². The van der Waals surface area contributed by atoms with Gasteiger partial charge in [-0.2, -0.15) is 13.2 Å². The lowest BCUT2D eigenvalue weighted by Gasteiger charge is -2.20. The van der Waals surface area contributed by atoms with Crippen LogP contribution < -0.4 is 5.32 Å². The van der Waals surface area contributed by atoms with Gasteiger partial charge in [-0.25, -0.2) is 4.99 Å². The second-order valence-corrected chi connectivity index (χ2v) is 9.24. The average Bonchev–Trinajstić information content (AvgIpc) is 3.09. The van der Waals surface area contributed by atoms with E-state index in [1.165, 1.54) is 24.1 Å². The van der Waals surface area contributed by atoms with Crippen LogP contribution in [0.15, 0.2) is 94.2 Å². The molecule has 0 saturated heterocycles. The molecule has 0 spiro atoms. The first-order valence-electron chi connectivity index (χ1n) is 15.4. The van der Waals surface area contributed by atoms with Crippen molar-refractivity contribution in [1.82, 2.24) is 5.32 Å². The Hall–Kier alpha value is -3.75. The van der Waals surface area contributed by atoms with Gasteiger partial charge in [0.15, 0.2) is 6.17 Å². The van der Waals surface area contributed by atoms with Crippen molar-refractivity contribution in [3.05, 3.63) is 84.8 Å². The van der Waals surface area contributed by atoms with E-state index in [1.54, 1.807) is 12.2 Å². The molecule has 2 bridgehead atoms. The van der Waals surface area contributed by atoms with Gasteiger partial charge in [0, 0.05) is 36.5 Å². The average molecular weight is 619 g/mol. The summed E-state index contributed by atoms with van der Waals surface area (Å²) in [7, 11) is 0. The van der Waals surface area contributed by atoms with Crippen LogP contribution in [0.5, 0.6) is 0 Å². The normalized spacial score (nSPS) is 17.0. The van der Waals surface area contributed by atoms with Gasteiger partial charge in [-0.05, 0) is 25.8 Å². The molecule has 0 fully saturated rings. The molecule has 2 aliphatic heterocycles. The Labute approximate surface area is 263 Å². The molecule has 0 radical (unpaired) electrons. The maximum absolute atomic E-state index is 12.9. The standard InChI is InChI=1S/C15H15F3N4.C9H18O2.C7H8.2C2H6/c1-3-19-9-10(2)14-20-11-6-4-5-7-12(15(16,17)18)21-13(8-11)22-14;1-3-5-6-7-8(4-2)9(10)11;1-7-5-3-2-4-6-7;2*1-2/h3-5,8-9,13H,1-2,6-7H2,(H,20,22);8H,3-7H2,1-2H3,(H,10,11);2-6H,1H3;2*1-2H3/b5-4?,19-9?,21-12+;;;;. The van der Waals surface area contributed by atoms with Crippen LogP contribution in [0.25, 0.3) is 0 Å². The summed E-state index contributed by atoms with van der Waals surface area (Å²) in [6.45, 7) is 21.4. The van der Waals surface area contributed by atoms with Gasteiger partial charge in [-0.3, -0.25) is 14.8 Å². The smallest absolute Gasteiger partial charge is 0.429 e. The Balaban J connectivity index is 0. The summed E-state index contributed by atoms with van der Waals surface area (Å²) in [5, 5.41) is 11.7. The van der Waals surface area contributed by atoms with Gasteiger partial charge in [0.1, 0.15) is 11.5 Å². The lowest BCUT2D eigenvalue weighted by Crippen LogP contribution is -2.31. The zero-order valence-electron chi connectivity index (χ0n) is 27.6. The molecule has 6 nitrogen and oxygen atoms in total. The molecule has 0 aliphatic carbocycles. The van der Waals surface area contributed by atoms with E-state index in [0.717, 1.165) is 37.8 Å². The van der Waals surface area contributed by atoms with Crippen molar-refractivity contribution >= 4 is 23.7 Å². The van der Waals surface area contributed by atoms with Crippen molar-refractivity contribution in [2.24, 2.45) is 20.9 Å². The van der Waals surface area contributed by atoms with Crippen LogP contribution in [-0.2, 0) is 4.79 Å². The maximum atomic E-state index is 12.9. The van der Waals surface area contributed by atoms with Gasteiger partial charge in [0.05, 0.1) is 5.92 Å². The molecule has 0 aromatic heterocycles. The minimum absolute atomic E-state index is 0.110. The first-order valence-corrected chi connectivity index (χ1v) is 15.4. The number of hydrogen-bond acceptors (Lipinski definition) is 5. The number of hydrogen-bond donors (Lipinski definition) is 2. The number of alkyl halides is 3. The van der Waals surface area contributed by atoms with Crippen LogP contribution in [0.2, 0.25) is 0 Å². The van der Waals surface area contributed by atoms with Gasteiger partial charge < -0.3 is 10.4 Å². The number of carboxylic acids is 1. The summed E-state index contributed by atoms with van der Waals surface area (Å²) < 4.78 is 38.8. The molecule has 0 amide bonds. The fourth-order valence-electron chi connectivity index (χ4n) is 3.61. The predicted octanol–water partition coefficient (Wildman–Crippen LogP) is 10.0. The topological polar surface area (TPSA) is 86.4 Å². The Morgan fingerprint density at radius 2 is 1.70 bits per heavy atom. The quantitative estimate of drug-likeness (QED) is 0.164. The largest absolute Gasteiger partial charge is 0.481 e. The first kappa shape index (κ1) is 42.4. The molecule has 9 heteroatoms. The Morgan fingerprint density at radius 3 is 2.18 bits per heavy atom. The lowest BCUT2D eigenvalue weighted by atomic mass is 9.99. The number of nitrogens with zero attached hydrogens (tertiary/aromatic N) is 3. The van der Waals surface area contributed by atoms with E-state index in [9.17, 15) is 18.0 Å². The summed E-state index contributed by atoms with van der Waals surface area (Å²) in [5.41, 5.74) is 1.65. The Morgan fingerprint density at radius 1 is 1.09 bits per heavy atom. The van der Waals surface area contributed by atoms with Crippen molar-refractivity contribution < 1.29 is 23.1 Å². The third-order valence-corrected chi connectivity index (χ3v) is 5.90. The summed E-state index contributed by atoms with van der Waals surface area (Å²) in [6.07, 6.45) is 7.29. The number of aliphatic imine (C=N–C) groups is 3. The van der Waals surface area contributed by atoms with Crippen molar-refractivity contribution in [1.29, 1.82) is 0 Å². The predicted molar refractivity (Wildman–Crippen MR) is 182 cm³/mol. The van der Waals surface area contributed by atoms with Crippen molar-refractivity contribution in [2.45, 2.75) is 106 Å². The minimum atomic E-state index is -4.47. The molecule has 2 N–H and O–H groups in total. The molecule has 3 rings (SSSR count). The van der Waals surface area contributed by atoms with E-state index in [-0.39, 0.29) is 12.3 Å². The van der Waals surface area contributed by atoms with E-state index >= 15 is 0 Å². The number of aryl methyl sites for hydroxylation is 1. The minimum Gasteiger partial charge on any atom is -0.481 e. The molecule has 0 saturated carbocycles. The zero-order chi connectivity index (χ0) is 34.0. The third kappa shape index (κ3) is 19.4. The number of carbonyl (C=O) groups is 1. The van der Waals surface area contributed by atoms with Crippen molar-refractivity contribution in [3.63, 3.8) is 0 Å². The molecule has 246 valence electrons. The van der Waals surface area contributed by atoms with Gasteiger partial charge >= 0.3 is 12.1 Å². The van der Waals surface area contributed by atoms with Crippen LogP contribution in [0.3, 0.4) is 0 Å². The second-order valence-electron chi connectivity index (χ2n) is 9.24. The van der Waals surface area contributed by atoms with E-state index in [2.05, 4.69) is 59.4 Å². The molecule has 1 aromatic carbocycles. The molecule has 44 heavy (non-hydrogen) atoms. The monoisotopic (exact) mass is 618 g/mol. The highest BCUT2D eigenvalue weighted by Crippen LogP contribution is 2.24. The van der Waals surface area contributed by atoms with E-state index < -0.39 is 24.0 Å². The number of aliphatic carboxylic acids is 1. The number of amidine groups is 1. The number of nitrogens with one attached hydrogen (secondary N) is 1. The number of halogens is 3. The number of benzene rings is 1. The van der Waals surface area contributed by atoms with Gasteiger partial charge in [0.2, 0.25) is 0 Å². The van der Waals surface area contributed by atoms with E-state index in [4.69, 9.17) is 5.11 Å². The number of allylic oxidation sites excluding steroid dienone is 2. The van der Waals surface area contributed by atoms with Crippen molar-refractivity contribution in [2.75, 3.05) is 0 Å². The summed E-state index contributed by atoms with van der Waals surface area (Å²) >= 11 is 0. The van der Waals surface area contributed by atoms with Gasteiger partial charge in [-0.1, -0.05) is 122 Å². The zero-order valence-corrected chi connectivity index (χ0v) is 27.6. The molecule has 2 unspecified atom stereocenters. The summed E-state index contributed by atoms with van der Waals surface area (Å²) in [4.78, 5) is 22.2. The fraction of sp³-hybridized carbons (Fsp3) is 0.486. The van der Waals surface area contributed by atoms with E-state index in [1.807, 2.05) is 52.8 Å². The SMILES string of the molecule is C=CN=CC(=C)C1=NC2C=C(CC=CC/C(C(F)(F)F)=N\2)N1.CC.CC.CCCCCC(CC)C(=O)O.Cc1ccccc1. The highest BCUT2D eigenvalue weighted by Gasteiger charge is 2.35. The fourth-order valence-corrected chi connectivity index (χ4v) is 3.61. The van der Waals surface area contributed by atoms with E-state index in [0.29, 0.717) is 17.8 Å². The van der Waals surface area contributed by atoms with Gasteiger partial charge in [-0.15, -0.1) is 0 Å². The third-order valence-electron chi connectivity index (χ3n) is 5.90. The van der Waals surface area contributed by atoms with Crippen LogP contribution >= 0.6 is 0 Å². The molecule has 2 aliphatic rings. The second kappa shape index (κ2) is 25.7. The summed E-state index contributed by atoms with van der Waals surface area (Å²) in [6, 6.07) is 10.3. The number of unbranched alkanes of at least 4 members (excludes halogenated alkanes) is 2. The molecular weight excluding hydrogens is 565 g/mol. The molecule has 2 heterocycles. The summed E-state index contributed by atoms with van der Waals surface area (Å²) in [5.74, 6) is -0.390. The molecule has 1 aromatic rings. The number of carboxylic acid groups (broad SMARTS) is 1. The number of fused-ring (bicyclic) bond motifs is 1. The first-order chi connectivity index (χ1) is 21.0. The highest BCUT2D eigenvalue weighted by atomic mass is 19.4. The lowest BCUT2D eigenvalue weighted by molar-refractivity contribution is -0.142. The van der Waals surface area contributed by atoms with Crippen LogP contribution in [0, 0.1) is 12.8 Å². The maximum Gasteiger partial charge on any atom is 0.429 e. The van der Waals surface area contributed by atoms with Crippen LogP contribution in [0.1, 0.15) is 92.1 Å². The Bertz CT molecular complexity index is 1100. The number of rotatable bonds is 9. The highest BCUT2D eigenvalue weighted by molar-refractivity contribution is 6.15. The van der Waals surface area contributed by atoms with Crippen LogP contribution in [0.4, 0.5) is 13.2 Å². The Kier molecular flexibility index (Phi) is 24.8. The van der Waals surface area contributed by atoms with Crippen LogP contribution in [-0.4, -0.2) is 41.2 Å². The van der Waals surface area contributed by atoms with Crippen molar-refractivity contribution in [3.8, 4) is 0 Å². The molecular formula is C35H53F3N4O2.